The van der Waals surface area contributed by atoms with Crippen molar-refractivity contribution in [1.29, 1.82) is 0 Å². The number of nitrogens with zero attached hydrogens (tertiary/aromatic N) is 2. The molecular weight excluding hydrogens is 372 g/mol. The van der Waals surface area contributed by atoms with Gasteiger partial charge in [-0.15, -0.1) is 0 Å². The predicted octanol–water partition coefficient (Wildman–Crippen LogP) is 5.66. The highest BCUT2D eigenvalue weighted by molar-refractivity contribution is 6.12. The molecule has 4 rings (SSSR count). The third kappa shape index (κ3) is 4.03. The van der Waals surface area contributed by atoms with E-state index in [1.165, 1.54) is 12.5 Å². The van der Waals surface area contributed by atoms with Gasteiger partial charge in [-0.2, -0.15) is 0 Å². The van der Waals surface area contributed by atoms with Gasteiger partial charge >= 0.3 is 5.97 Å². The van der Waals surface area contributed by atoms with E-state index in [2.05, 4.69) is 65.3 Å². The SMILES string of the molecule is CC(=O)O/N=C(\Cc1ccccc1C)c1cn(C)c2ccc(-c3ccccc3)cc12. The number of rotatable bonds is 5. The number of hydrogen-bond donors (Lipinski definition) is 0. The molecule has 30 heavy (non-hydrogen) atoms. The zero-order valence-corrected chi connectivity index (χ0v) is 17.4. The van der Waals surface area contributed by atoms with Crippen molar-refractivity contribution in [2.45, 2.75) is 20.3 Å². The summed E-state index contributed by atoms with van der Waals surface area (Å²) in [5, 5.41) is 5.33. The molecule has 150 valence electrons. The van der Waals surface area contributed by atoms with Gasteiger partial charge in [0.05, 0.1) is 5.71 Å². The van der Waals surface area contributed by atoms with Crippen molar-refractivity contribution in [2.24, 2.45) is 12.2 Å². The zero-order valence-electron chi connectivity index (χ0n) is 17.4. The highest BCUT2D eigenvalue weighted by Gasteiger charge is 2.16. The van der Waals surface area contributed by atoms with Gasteiger partial charge in [0.25, 0.3) is 0 Å². The average molecular weight is 396 g/mol. The van der Waals surface area contributed by atoms with Gasteiger partial charge in [-0.05, 0) is 41.3 Å². The van der Waals surface area contributed by atoms with E-state index in [-0.39, 0.29) is 0 Å². The van der Waals surface area contributed by atoms with Crippen LogP contribution in [0.15, 0.2) is 84.1 Å². The number of fused-ring (bicyclic) bond motifs is 1. The fourth-order valence-electron chi connectivity index (χ4n) is 3.72. The third-order valence-electron chi connectivity index (χ3n) is 5.31. The van der Waals surface area contributed by atoms with E-state index in [0.29, 0.717) is 6.42 Å². The fourth-order valence-corrected chi connectivity index (χ4v) is 3.72. The van der Waals surface area contributed by atoms with Crippen LogP contribution in [-0.2, 0) is 23.1 Å². The molecule has 0 aliphatic heterocycles. The summed E-state index contributed by atoms with van der Waals surface area (Å²) >= 11 is 0. The summed E-state index contributed by atoms with van der Waals surface area (Å²) in [4.78, 5) is 16.6. The van der Waals surface area contributed by atoms with Crippen LogP contribution in [0.2, 0.25) is 0 Å². The number of benzene rings is 3. The summed E-state index contributed by atoms with van der Waals surface area (Å²) in [6, 6.07) is 24.9. The van der Waals surface area contributed by atoms with Crippen LogP contribution >= 0.6 is 0 Å². The summed E-state index contributed by atoms with van der Waals surface area (Å²) < 4.78 is 2.08. The van der Waals surface area contributed by atoms with Gasteiger partial charge in [0.2, 0.25) is 0 Å². The van der Waals surface area contributed by atoms with Crippen LogP contribution < -0.4 is 0 Å². The van der Waals surface area contributed by atoms with Gasteiger partial charge in [0.1, 0.15) is 0 Å². The van der Waals surface area contributed by atoms with Gasteiger partial charge in [-0.25, -0.2) is 4.79 Å². The summed E-state index contributed by atoms with van der Waals surface area (Å²) in [7, 11) is 2.02. The Bertz CT molecular complexity index is 1240. The second-order valence-corrected chi connectivity index (χ2v) is 7.48. The monoisotopic (exact) mass is 396 g/mol. The van der Waals surface area contributed by atoms with Crippen LogP contribution in [-0.4, -0.2) is 16.2 Å². The summed E-state index contributed by atoms with van der Waals surface area (Å²) in [5.41, 5.74) is 7.43. The molecule has 4 aromatic rings. The number of hydrogen-bond acceptors (Lipinski definition) is 3. The molecule has 0 fully saturated rings. The zero-order chi connectivity index (χ0) is 21.1. The standard InChI is InChI=1S/C26H24N2O2/c1-18-9-7-8-12-21(18)16-25(27-30-19(2)29)24-17-28(3)26-14-13-22(15-23(24)26)20-10-5-4-6-11-20/h4-15,17H,16H2,1-3H3/b27-25+. The number of aryl methyl sites for hydroxylation is 2. The predicted molar refractivity (Wildman–Crippen MR) is 122 cm³/mol. The molecule has 0 N–H and O–H groups in total. The van der Waals surface area contributed by atoms with Gasteiger partial charge < -0.3 is 9.40 Å². The average Bonchev–Trinajstić information content (AvgIpc) is 3.09. The maximum Gasteiger partial charge on any atom is 0.331 e. The Labute approximate surface area is 176 Å². The summed E-state index contributed by atoms with van der Waals surface area (Å²) in [6.45, 7) is 3.45. The van der Waals surface area contributed by atoms with E-state index in [4.69, 9.17) is 4.84 Å². The molecule has 0 radical (unpaired) electrons. The van der Waals surface area contributed by atoms with Crippen molar-refractivity contribution in [3.8, 4) is 11.1 Å². The maximum absolute atomic E-state index is 11.5. The Morgan fingerprint density at radius 2 is 1.70 bits per heavy atom. The second kappa shape index (κ2) is 8.37. The summed E-state index contributed by atoms with van der Waals surface area (Å²) in [6.07, 6.45) is 2.63. The molecule has 0 amide bonds. The first-order chi connectivity index (χ1) is 14.5. The lowest BCUT2D eigenvalue weighted by atomic mass is 9.97. The molecule has 1 heterocycles. The first-order valence-electron chi connectivity index (χ1n) is 9.97. The van der Waals surface area contributed by atoms with Gasteiger partial charge in [-0.3, -0.25) is 0 Å². The largest absolute Gasteiger partial charge is 0.350 e. The van der Waals surface area contributed by atoms with Crippen molar-refractivity contribution < 1.29 is 9.63 Å². The molecule has 4 heteroatoms. The highest BCUT2D eigenvalue weighted by atomic mass is 16.7. The molecule has 0 aliphatic carbocycles. The Kier molecular flexibility index (Phi) is 5.48. The molecule has 0 aliphatic rings. The Balaban J connectivity index is 1.85. The van der Waals surface area contributed by atoms with Crippen molar-refractivity contribution >= 4 is 22.6 Å². The van der Waals surface area contributed by atoms with Crippen molar-refractivity contribution in [3.63, 3.8) is 0 Å². The molecule has 0 bridgehead atoms. The van der Waals surface area contributed by atoms with Gasteiger partial charge in [0.15, 0.2) is 0 Å². The van der Waals surface area contributed by atoms with Crippen LogP contribution in [0, 0.1) is 6.92 Å². The van der Waals surface area contributed by atoms with E-state index in [0.717, 1.165) is 38.9 Å². The van der Waals surface area contributed by atoms with Crippen molar-refractivity contribution in [3.05, 3.63) is 95.7 Å². The Morgan fingerprint density at radius 1 is 0.967 bits per heavy atom. The van der Waals surface area contributed by atoms with Gasteiger partial charge in [0, 0.05) is 43.1 Å². The Morgan fingerprint density at radius 3 is 2.43 bits per heavy atom. The normalized spacial score (nSPS) is 11.6. The molecule has 0 spiro atoms. The number of oxime groups is 1. The van der Waals surface area contributed by atoms with Crippen molar-refractivity contribution in [2.75, 3.05) is 0 Å². The molecule has 0 saturated carbocycles. The molecule has 0 atom stereocenters. The third-order valence-corrected chi connectivity index (χ3v) is 5.31. The minimum Gasteiger partial charge on any atom is -0.350 e. The smallest absolute Gasteiger partial charge is 0.331 e. The van der Waals surface area contributed by atoms with E-state index >= 15 is 0 Å². The highest BCUT2D eigenvalue weighted by Crippen LogP contribution is 2.29. The lowest BCUT2D eigenvalue weighted by Crippen LogP contribution is -2.08. The minimum absolute atomic E-state index is 0.428. The van der Waals surface area contributed by atoms with Crippen molar-refractivity contribution in [1.82, 2.24) is 4.57 Å². The van der Waals surface area contributed by atoms with Crippen LogP contribution in [0.4, 0.5) is 0 Å². The lowest BCUT2D eigenvalue weighted by molar-refractivity contribution is -0.140. The number of carbonyl (C=O) groups is 1. The van der Waals surface area contributed by atoms with Crippen LogP contribution in [0.1, 0.15) is 23.6 Å². The summed E-state index contributed by atoms with van der Waals surface area (Å²) in [5.74, 6) is -0.428. The lowest BCUT2D eigenvalue weighted by Gasteiger charge is -2.09. The topological polar surface area (TPSA) is 43.6 Å². The van der Waals surface area contributed by atoms with Crippen LogP contribution in [0.5, 0.6) is 0 Å². The first-order valence-corrected chi connectivity index (χ1v) is 9.97. The molecule has 0 unspecified atom stereocenters. The van der Waals surface area contributed by atoms with E-state index in [9.17, 15) is 4.79 Å². The van der Waals surface area contributed by atoms with Gasteiger partial charge in [-0.1, -0.05) is 65.8 Å². The second-order valence-electron chi connectivity index (χ2n) is 7.48. The van der Waals surface area contributed by atoms with Crippen LogP contribution in [0.3, 0.4) is 0 Å². The fraction of sp³-hybridized carbons (Fsp3) is 0.154. The Hall–Kier alpha value is -3.66. The first kappa shape index (κ1) is 19.6. The maximum atomic E-state index is 11.5. The molecule has 4 nitrogen and oxygen atoms in total. The van der Waals surface area contributed by atoms with E-state index < -0.39 is 5.97 Å². The molecular formula is C26H24N2O2. The molecule has 1 aromatic heterocycles. The quantitative estimate of drug-likeness (QED) is 0.248. The minimum atomic E-state index is -0.428. The van der Waals surface area contributed by atoms with E-state index in [1.54, 1.807) is 0 Å². The van der Waals surface area contributed by atoms with Crippen LogP contribution in [0.25, 0.3) is 22.0 Å². The molecule has 3 aromatic carbocycles. The number of aromatic nitrogens is 1. The number of carbonyl (C=O) groups excluding carboxylic acids is 1. The van der Waals surface area contributed by atoms with E-state index in [1.807, 2.05) is 37.4 Å². The molecule has 0 saturated heterocycles.